The lowest BCUT2D eigenvalue weighted by atomic mass is 10.0. The summed E-state index contributed by atoms with van der Waals surface area (Å²) in [5.74, 6) is 0.840. The smallest absolute Gasteiger partial charge is 0.405 e. The molecular formula is C28H29Cl2F3N8O3. The molecule has 0 unspecified atom stereocenters. The van der Waals surface area contributed by atoms with Crippen LogP contribution >= 0.6 is 23.2 Å². The van der Waals surface area contributed by atoms with Crippen LogP contribution in [-0.2, 0) is 11.2 Å². The van der Waals surface area contributed by atoms with E-state index in [4.69, 9.17) is 37.7 Å². The van der Waals surface area contributed by atoms with Gasteiger partial charge in [-0.25, -0.2) is 9.97 Å². The van der Waals surface area contributed by atoms with Crippen LogP contribution < -0.4 is 14.8 Å². The lowest BCUT2D eigenvalue weighted by molar-refractivity contribution is -0.127. The normalized spacial score (nSPS) is 14.3. The molecule has 1 N–H and O–H groups in total. The van der Waals surface area contributed by atoms with Gasteiger partial charge in [-0.3, -0.25) is 9.69 Å². The van der Waals surface area contributed by atoms with Crippen LogP contribution in [0.15, 0.2) is 31.0 Å². The van der Waals surface area contributed by atoms with Crippen LogP contribution in [0, 0.1) is 0 Å². The van der Waals surface area contributed by atoms with Crippen molar-refractivity contribution in [3.8, 4) is 22.6 Å². The maximum Gasteiger partial charge on any atom is 0.405 e. The van der Waals surface area contributed by atoms with E-state index in [9.17, 15) is 18.0 Å². The monoisotopic (exact) mass is 652 g/mol. The summed E-state index contributed by atoms with van der Waals surface area (Å²) in [5.41, 5.74) is 1.43. The number of amides is 1. The van der Waals surface area contributed by atoms with Crippen molar-refractivity contribution in [2.45, 2.75) is 19.0 Å². The van der Waals surface area contributed by atoms with Crippen molar-refractivity contribution < 1.29 is 27.4 Å². The number of rotatable bonds is 10. The first-order chi connectivity index (χ1) is 21.0. The van der Waals surface area contributed by atoms with Gasteiger partial charge in [-0.1, -0.05) is 29.8 Å². The fourth-order valence-corrected chi connectivity index (χ4v) is 5.71. The summed E-state index contributed by atoms with van der Waals surface area (Å²) in [4.78, 5) is 29.1. The first-order valence-electron chi connectivity index (χ1n) is 13.6. The molecule has 0 spiro atoms. The second kappa shape index (κ2) is 13.0. The summed E-state index contributed by atoms with van der Waals surface area (Å²) in [5, 5.41) is 7.77. The summed E-state index contributed by atoms with van der Waals surface area (Å²) in [7, 11) is 2.92. The number of hydrogen-bond acceptors (Lipinski definition) is 9. The number of nitrogens with one attached hydrogen (secondary N) is 1. The maximum absolute atomic E-state index is 12.9. The summed E-state index contributed by atoms with van der Waals surface area (Å²) < 4.78 is 50.9. The number of anilines is 1. The minimum Gasteiger partial charge on any atom is -0.495 e. The Labute approximate surface area is 260 Å². The Morgan fingerprint density at radius 1 is 1.07 bits per heavy atom. The van der Waals surface area contributed by atoms with Gasteiger partial charge in [0.1, 0.15) is 18.0 Å². The lowest BCUT2D eigenvalue weighted by Gasteiger charge is -2.34. The van der Waals surface area contributed by atoms with Gasteiger partial charge in [0.2, 0.25) is 11.9 Å². The molecule has 16 heteroatoms. The zero-order valence-corrected chi connectivity index (χ0v) is 25.4. The van der Waals surface area contributed by atoms with Crippen molar-refractivity contribution in [2.75, 3.05) is 58.8 Å². The Bertz CT molecular complexity index is 1680. The van der Waals surface area contributed by atoms with Crippen LogP contribution in [0.3, 0.4) is 0 Å². The van der Waals surface area contributed by atoms with Crippen LogP contribution in [0.5, 0.6) is 11.5 Å². The third kappa shape index (κ3) is 6.61. The van der Waals surface area contributed by atoms with Gasteiger partial charge in [-0.2, -0.15) is 22.7 Å². The average molecular weight is 653 g/mol. The van der Waals surface area contributed by atoms with Crippen molar-refractivity contribution in [1.29, 1.82) is 0 Å². The number of pyridine rings is 1. The number of ether oxygens (including phenoxy) is 2. The summed E-state index contributed by atoms with van der Waals surface area (Å²) in [6, 6.07) is 3.27. The van der Waals surface area contributed by atoms with E-state index in [1.165, 1.54) is 31.0 Å². The van der Waals surface area contributed by atoms with Crippen LogP contribution in [0.2, 0.25) is 10.0 Å². The highest BCUT2D eigenvalue weighted by atomic mass is 35.5. The molecule has 1 aromatic carbocycles. The molecule has 3 aromatic heterocycles. The number of hydrogen-bond donors (Lipinski definition) is 1. The van der Waals surface area contributed by atoms with E-state index < -0.39 is 12.7 Å². The number of carbonyl (C=O) groups excluding carboxylic acids is 1. The number of piperazine rings is 1. The third-order valence-electron chi connectivity index (χ3n) is 7.21. The minimum absolute atomic E-state index is 0.0731. The van der Waals surface area contributed by atoms with Gasteiger partial charge >= 0.3 is 6.18 Å². The molecule has 0 radical (unpaired) electrons. The Morgan fingerprint density at radius 3 is 2.36 bits per heavy atom. The molecule has 234 valence electrons. The number of methoxy groups -OCH3 is 2. The molecule has 1 aliphatic heterocycles. The molecule has 0 saturated carbocycles. The predicted molar refractivity (Wildman–Crippen MR) is 161 cm³/mol. The summed E-state index contributed by atoms with van der Waals surface area (Å²) in [6.07, 6.45) is -0.514. The van der Waals surface area contributed by atoms with E-state index >= 15 is 0 Å². The topological polar surface area (TPSA) is 110 Å². The van der Waals surface area contributed by atoms with Gasteiger partial charge in [0, 0.05) is 61.4 Å². The fourth-order valence-electron chi connectivity index (χ4n) is 5.01. The van der Waals surface area contributed by atoms with Crippen LogP contribution in [0.4, 0.5) is 19.1 Å². The molecule has 0 aliphatic carbocycles. The number of aryl methyl sites for hydroxylation is 1. The maximum atomic E-state index is 12.9. The zero-order chi connectivity index (χ0) is 31.6. The highest BCUT2D eigenvalue weighted by Crippen LogP contribution is 2.47. The first-order valence-corrected chi connectivity index (χ1v) is 14.4. The summed E-state index contributed by atoms with van der Waals surface area (Å²) in [6.45, 7) is 5.75. The second-order valence-corrected chi connectivity index (χ2v) is 10.8. The fraction of sp³-hybridized carbons (Fsp3) is 0.393. The molecule has 0 bridgehead atoms. The molecule has 1 amide bonds. The standard InChI is InChI=1S/C28H29Cl2F3N8O3/c1-4-21(42)40-10-8-39(9-11-40)7-5-6-20-36-26-17(22-23(29)18(43-2)13-19(44-3)24(22)30)12-16-14-34-27(35-15-28(31,32)33)37-25(16)41(26)38-20/h4,12-14H,1,5-11,15H2,2-3H3,(H,34,35,37). The third-order valence-corrected chi connectivity index (χ3v) is 7.96. The number of nitrogens with zero attached hydrogens (tertiary/aromatic N) is 7. The average Bonchev–Trinajstić information content (AvgIpc) is 3.44. The number of aromatic nitrogens is 5. The molecule has 5 rings (SSSR count). The Balaban J connectivity index is 1.52. The SMILES string of the molecule is C=CC(=O)N1CCN(CCCc2nc3c(-c4c(Cl)c(OC)cc(OC)c4Cl)cc4cnc(NCC(F)(F)F)nc4n3n2)CC1. The van der Waals surface area contributed by atoms with Gasteiger partial charge < -0.3 is 19.7 Å². The molecule has 1 fully saturated rings. The van der Waals surface area contributed by atoms with E-state index in [0.29, 0.717) is 59.0 Å². The number of halogens is 5. The van der Waals surface area contributed by atoms with Gasteiger partial charge in [0.05, 0.1) is 24.3 Å². The van der Waals surface area contributed by atoms with Crippen LogP contribution in [0.25, 0.3) is 27.8 Å². The molecule has 1 aliphatic rings. The van der Waals surface area contributed by atoms with E-state index in [1.54, 1.807) is 17.0 Å². The quantitative estimate of drug-likeness (QED) is 0.239. The number of alkyl halides is 3. The van der Waals surface area contributed by atoms with Crippen molar-refractivity contribution in [3.05, 3.63) is 46.9 Å². The summed E-state index contributed by atoms with van der Waals surface area (Å²) >= 11 is 13.5. The Kier molecular flexibility index (Phi) is 9.32. The van der Waals surface area contributed by atoms with E-state index in [1.807, 2.05) is 0 Å². The van der Waals surface area contributed by atoms with E-state index in [0.717, 1.165) is 26.1 Å². The van der Waals surface area contributed by atoms with Crippen LogP contribution in [0.1, 0.15) is 12.2 Å². The lowest BCUT2D eigenvalue weighted by Crippen LogP contribution is -2.48. The van der Waals surface area contributed by atoms with Crippen molar-refractivity contribution in [2.24, 2.45) is 0 Å². The molecule has 0 atom stereocenters. The number of carbonyl (C=O) groups is 1. The first kappa shape index (κ1) is 31.5. The van der Waals surface area contributed by atoms with Crippen molar-refractivity contribution >= 4 is 51.7 Å². The largest absolute Gasteiger partial charge is 0.495 e. The molecule has 44 heavy (non-hydrogen) atoms. The highest BCUT2D eigenvalue weighted by Gasteiger charge is 2.28. The van der Waals surface area contributed by atoms with Gasteiger partial charge in [-0.15, -0.1) is 5.10 Å². The Hall–Kier alpha value is -3.88. The highest BCUT2D eigenvalue weighted by molar-refractivity contribution is 6.41. The van der Waals surface area contributed by atoms with Crippen molar-refractivity contribution in [1.82, 2.24) is 34.4 Å². The van der Waals surface area contributed by atoms with Gasteiger partial charge in [-0.05, 0) is 25.1 Å². The second-order valence-electron chi connectivity index (χ2n) is 10.0. The van der Waals surface area contributed by atoms with Gasteiger partial charge in [0.15, 0.2) is 17.1 Å². The van der Waals surface area contributed by atoms with Crippen molar-refractivity contribution in [3.63, 3.8) is 0 Å². The van der Waals surface area contributed by atoms with E-state index in [-0.39, 0.29) is 27.5 Å². The van der Waals surface area contributed by atoms with E-state index in [2.05, 4.69) is 31.9 Å². The predicted octanol–water partition coefficient (Wildman–Crippen LogP) is 4.90. The Morgan fingerprint density at radius 2 is 1.75 bits per heavy atom. The molecule has 11 nitrogen and oxygen atoms in total. The number of benzene rings is 1. The molecular weight excluding hydrogens is 624 g/mol. The van der Waals surface area contributed by atoms with Crippen LogP contribution in [-0.4, -0.2) is 99.9 Å². The number of fused-ring (bicyclic) bond motifs is 3. The minimum atomic E-state index is -4.45. The molecule has 1 saturated heterocycles. The molecule has 4 aromatic rings. The zero-order valence-electron chi connectivity index (χ0n) is 23.9. The van der Waals surface area contributed by atoms with Gasteiger partial charge in [0.25, 0.3) is 0 Å². The molecule has 4 heterocycles.